The highest BCUT2D eigenvalue weighted by Gasteiger charge is 2.14. The molecule has 15 heavy (non-hydrogen) atoms. The van der Waals surface area contributed by atoms with Crippen LogP contribution in [0.5, 0.6) is 0 Å². The molecule has 0 spiro atoms. The zero-order valence-corrected chi connectivity index (χ0v) is 9.10. The third kappa shape index (κ3) is 3.67. The summed E-state index contributed by atoms with van der Waals surface area (Å²) >= 11 is 0. The maximum absolute atomic E-state index is 13.2. The Balaban J connectivity index is 2.66. The fourth-order valence-electron chi connectivity index (χ4n) is 0.957. The van der Waals surface area contributed by atoms with E-state index in [1.54, 1.807) is 12.1 Å². The summed E-state index contributed by atoms with van der Waals surface area (Å²) in [6, 6.07) is 5.86. The third-order valence-electron chi connectivity index (χ3n) is 1.67. The fraction of sp³-hybridized carbons (Fsp3) is 0.364. The smallest absolute Gasteiger partial charge is 0.268 e. The lowest BCUT2D eigenvalue weighted by atomic mass is 10.1. The van der Waals surface area contributed by atoms with Crippen LogP contribution in [0, 0.1) is 5.82 Å². The summed E-state index contributed by atoms with van der Waals surface area (Å²) < 4.78 is 13.2. The van der Waals surface area contributed by atoms with E-state index in [1.165, 1.54) is 12.1 Å². The molecule has 0 bridgehead atoms. The minimum Gasteiger partial charge on any atom is -0.287 e. The highest BCUT2D eigenvalue weighted by Crippen LogP contribution is 2.05. The van der Waals surface area contributed by atoms with E-state index in [-0.39, 0.29) is 11.1 Å². The molecule has 1 aromatic rings. The summed E-state index contributed by atoms with van der Waals surface area (Å²) in [4.78, 5) is 11.5. The van der Waals surface area contributed by atoms with Crippen LogP contribution in [-0.2, 0) is 0 Å². The number of benzene rings is 1. The van der Waals surface area contributed by atoms with Gasteiger partial charge in [-0.25, -0.2) is 9.82 Å². The summed E-state index contributed by atoms with van der Waals surface area (Å²) in [6.45, 7) is 5.69. The summed E-state index contributed by atoms with van der Waals surface area (Å²) in [5, 5.41) is 0. The number of hydrazine groups is 1. The molecule has 0 unspecified atom stereocenters. The molecule has 0 heterocycles. The van der Waals surface area contributed by atoms with Gasteiger partial charge in [0.25, 0.3) is 5.91 Å². The van der Waals surface area contributed by atoms with E-state index in [1.807, 2.05) is 20.8 Å². The second-order valence-electron chi connectivity index (χ2n) is 4.31. The molecule has 0 aliphatic carbocycles. The van der Waals surface area contributed by atoms with Gasteiger partial charge in [0.2, 0.25) is 0 Å². The van der Waals surface area contributed by atoms with E-state index in [0.717, 1.165) is 0 Å². The molecule has 1 amide bonds. The number of carbonyl (C=O) groups is 1. The topological polar surface area (TPSA) is 41.1 Å². The van der Waals surface area contributed by atoms with Crippen LogP contribution in [0.15, 0.2) is 24.3 Å². The number of rotatable bonds is 2. The van der Waals surface area contributed by atoms with Gasteiger partial charge in [0, 0.05) is 5.54 Å². The lowest BCUT2D eigenvalue weighted by molar-refractivity contribution is 0.0910. The van der Waals surface area contributed by atoms with E-state index in [0.29, 0.717) is 0 Å². The highest BCUT2D eigenvalue weighted by molar-refractivity contribution is 5.94. The second-order valence-corrected chi connectivity index (χ2v) is 4.31. The highest BCUT2D eigenvalue weighted by atomic mass is 19.1. The van der Waals surface area contributed by atoms with Crippen molar-refractivity contribution in [1.82, 2.24) is 10.9 Å². The molecule has 0 aliphatic rings. The maximum atomic E-state index is 13.2. The predicted molar refractivity (Wildman–Crippen MR) is 56.8 cm³/mol. The van der Waals surface area contributed by atoms with Gasteiger partial charge in [-0.15, -0.1) is 0 Å². The van der Waals surface area contributed by atoms with Crippen molar-refractivity contribution in [3.8, 4) is 0 Å². The van der Waals surface area contributed by atoms with Gasteiger partial charge in [-0.2, -0.15) is 0 Å². The summed E-state index contributed by atoms with van der Waals surface area (Å²) in [6.07, 6.45) is 0. The molecular weight excluding hydrogens is 195 g/mol. The quantitative estimate of drug-likeness (QED) is 0.731. The Labute approximate surface area is 88.7 Å². The van der Waals surface area contributed by atoms with E-state index < -0.39 is 11.7 Å². The Morgan fingerprint density at radius 3 is 2.40 bits per heavy atom. The average Bonchev–Trinajstić information content (AvgIpc) is 2.14. The van der Waals surface area contributed by atoms with Crippen LogP contribution in [0.1, 0.15) is 31.1 Å². The van der Waals surface area contributed by atoms with Crippen molar-refractivity contribution in [2.24, 2.45) is 0 Å². The van der Waals surface area contributed by atoms with Gasteiger partial charge in [-0.05, 0) is 32.9 Å². The standard InChI is InChI=1S/C11H15FN2O/c1-11(2,3)14-13-10(15)8-6-4-5-7-9(8)12/h4-7,14H,1-3H3,(H,13,15). The van der Waals surface area contributed by atoms with E-state index >= 15 is 0 Å². The Morgan fingerprint density at radius 2 is 1.87 bits per heavy atom. The van der Waals surface area contributed by atoms with Crippen LogP contribution in [0.25, 0.3) is 0 Å². The van der Waals surface area contributed by atoms with Crippen LogP contribution < -0.4 is 10.9 Å². The van der Waals surface area contributed by atoms with Crippen LogP contribution in [0.3, 0.4) is 0 Å². The van der Waals surface area contributed by atoms with Gasteiger partial charge >= 0.3 is 0 Å². The molecule has 0 radical (unpaired) electrons. The Kier molecular flexibility index (Phi) is 3.42. The van der Waals surface area contributed by atoms with Crippen LogP contribution in [-0.4, -0.2) is 11.4 Å². The van der Waals surface area contributed by atoms with Gasteiger partial charge in [-0.1, -0.05) is 12.1 Å². The van der Waals surface area contributed by atoms with E-state index in [9.17, 15) is 9.18 Å². The normalized spacial score (nSPS) is 11.2. The van der Waals surface area contributed by atoms with E-state index in [4.69, 9.17) is 0 Å². The first-order valence-corrected chi connectivity index (χ1v) is 4.72. The largest absolute Gasteiger partial charge is 0.287 e. The minimum atomic E-state index is -0.522. The molecule has 1 rings (SSSR count). The molecule has 0 aliphatic heterocycles. The molecule has 0 saturated heterocycles. The second kappa shape index (κ2) is 4.40. The molecule has 2 N–H and O–H groups in total. The van der Waals surface area contributed by atoms with Gasteiger partial charge in [-0.3, -0.25) is 10.2 Å². The molecule has 82 valence electrons. The number of nitrogens with one attached hydrogen (secondary N) is 2. The molecular formula is C11H15FN2O. The summed E-state index contributed by atoms with van der Waals surface area (Å²) in [7, 11) is 0. The maximum Gasteiger partial charge on any atom is 0.268 e. The van der Waals surface area contributed by atoms with Gasteiger partial charge < -0.3 is 0 Å². The molecule has 1 aromatic carbocycles. The van der Waals surface area contributed by atoms with Crippen molar-refractivity contribution in [2.45, 2.75) is 26.3 Å². The van der Waals surface area contributed by atoms with Crippen molar-refractivity contribution in [1.29, 1.82) is 0 Å². The number of hydrogen-bond donors (Lipinski definition) is 2. The predicted octanol–water partition coefficient (Wildman–Crippen LogP) is 1.86. The number of amides is 1. The third-order valence-corrected chi connectivity index (χ3v) is 1.67. The monoisotopic (exact) mass is 210 g/mol. The fourth-order valence-corrected chi connectivity index (χ4v) is 0.957. The Bertz CT molecular complexity index is 358. The van der Waals surface area contributed by atoms with Crippen molar-refractivity contribution in [3.63, 3.8) is 0 Å². The molecule has 0 fully saturated rings. The first-order valence-electron chi connectivity index (χ1n) is 4.72. The molecule has 0 atom stereocenters. The lowest BCUT2D eigenvalue weighted by Crippen LogP contribution is -2.48. The first kappa shape index (κ1) is 11.7. The minimum absolute atomic E-state index is 0.0363. The van der Waals surface area contributed by atoms with Gasteiger partial charge in [0.15, 0.2) is 0 Å². The van der Waals surface area contributed by atoms with Crippen LogP contribution in [0.4, 0.5) is 4.39 Å². The number of hydrogen-bond acceptors (Lipinski definition) is 2. The van der Waals surface area contributed by atoms with Crippen LogP contribution in [0.2, 0.25) is 0 Å². The molecule has 3 nitrogen and oxygen atoms in total. The zero-order chi connectivity index (χ0) is 11.5. The molecule has 0 saturated carbocycles. The lowest BCUT2D eigenvalue weighted by Gasteiger charge is -2.20. The van der Waals surface area contributed by atoms with Crippen molar-refractivity contribution >= 4 is 5.91 Å². The average molecular weight is 210 g/mol. The van der Waals surface area contributed by atoms with Crippen molar-refractivity contribution in [3.05, 3.63) is 35.6 Å². The van der Waals surface area contributed by atoms with Crippen molar-refractivity contribution in [2.75, 3.05) is 0 Å². The van der Waals surface area contributed by atoms with Crippen molar-refractivity contribution < 1.29 is 9.18 Å². The Hall–Kier alpha value is -1.42. The summed E-state index contributed by atoms with van der Waals surface area (Å²) in [5.41, 5.74) is 5.02. The Morgan fingerprint density at radius 1 is 1.27 bits per heavy atom. The molecule has 0 aromatic heterocycles. The molecule has 4 heteroatoms. The SMILES string of the molecule is CC(C)(C)NNC(=O)c1ccccc1F. The zero-order valence-electron chi connectivity index (χ0n) is 9.10. The van der Waals surface area contributed by atoms with Gasteiger partial charge in [0.05, 0.1) is 5.56 Å². The summed E-state index contributed by atoms with van der Waals surface area (Å²) in [5.74, 6) is -0.992. The van der Waals surface area contributed by atoms with Gasteiger partial charge in [0.1, 0.15) is 5.82 Å². The number of halogens is 1. The first-order chi connectivity index (χ1) is 6.90. The van der Waals surface area contributed by atoms with Crippen LogP contribution >= 0.6 is 0 Å². The number of carbonyl (C=O) groups excluding carboxylic acids is 1. The van der Waals surface area contributed by atoms with E-state index in [2.05, 4.69) is 10.9 Å².